The maximum Gasteiger partial charge on any atom is 0.275 e. The standard InChI is InChI=1S/C15H12N2OS/c1-2-5-10-8-9-13(19-10)14-15(18)17-12-7-4-3-6-11(12)16-14/h2-4,6-9H,1,5H2,(H,17,18). The SMILES string of the molecule is C=CCc1ccc(-c2nc3ccccc3[nH]c2=O)s1. The van der Waals surface area contributed by atoms with Crippen molar-refractivity contribution < 1.29 is 0 Å². The van der Waals surface area contributed by atoms with Gasteiger partial charge in [0.25, 0.3) is 5.56 Å². The molecule has 2 aromatic heterocycles. The highest BCUT2D eigenvalue weighted by molar-refractivity contribution is 7.15. The van der Waals surface area contributed by atoms with Crippen LogP contribution in [0.4, 0.5) is 0 Å². The average molecular weight is 268 g/mol. The molecule has 94 valence electrons. The molecule has 19 heavy (non-hydrogen) atoms. The summed E-state index contributed by atoms with van der Waals surface area (Å²) in [6.07, 6.45) is 2.67. The molecule has 0 aliphatic rings. The minimum absolute atomic E-state index is 0.147. The molecular formula is C15H12N2OS. The molecule has 2 heterocycles. The zero-order valence-corrected chi connectivity index (χ0v) is 11.0. The Labute approximate surface area is 114 Å². The van der Waals surface area contributed by atoms with E-state index in [1.807, 2.05) is 42.5 Å². The number of nitrogens with zero attached hydrogens (tertiary/aromatic N) is 1. The third kappa shape index (κ3) is 2.22. The van der Waals surface area contributed by atoms with Crippen molar-refractivity contribution in [2.75, 3.05) is 0 Å². The fourth-order valence-corrected chi connectivity index (χ4v) is 2.94. The lowest BCUT2D eigenvalue weighted by Crippen LogP contribution is -2.10. The molecule has 0 saturated heterocycles. The lowest BCUT2D eigenvalue weighted by Gasteiger charge is -1.99. The van der Waals surface area contributed by atoms with Gasteiger partial charge in [0, 0.05) is 4.88 Å². The van der Waals surface area contributed by atoms with Crippen molar-refractivity contribution in [1.29, 1.82) is 0 Å². The van der Waals surface area contributed by atoms with Crippen LogP contribution in [0.1, 0.15) is 4.88 Å². The molecule has 0 radical (unpaired) electrons. The number of hydrogen-bond acceptors (Lipinski definition) is 3. The summed E-state index contributed by atoms with van der Waals surface area (Å²) >= 11 is 1.58. The smallest absolute Gasteiger partial charge is 0.275 e. The number of benzene rings is 1. The number of fused-ring (bicyclic) bond motifs is 1. The second kappa shape index (κ2) is 4.82. The van der Waals surface area contributed by atoms with Gasteiger partial charge in [0.1, 0.15) is 5.69 Å². The van der Waals surface area contributed by atoms with Crippen LogP contribution in [0.15, 0.2) is 53.8 Å². The van der Waals surface area contributed by atoms with Gasteiger partial charge < -0.3 is 4.98 Å². The van der Waals surface area contributed by atoms with Gasteiger partial charge in [-0.3, -0.25) is 4.79 Å². The fourth-order valence-electron chi connectivity index (χ4n) is 1.95. The molecule has 0 atom stereocenters. The Balaban J connectivity index is 2.15. The predicted octanol–water partition coefficient (Wildman–Crippen LogP) is 3.38. The Morgan fingerprint density at radius 1 is 1.26 bits per heavy atom. The maximum absolute atomic E-state index is 12.1. The van der Waals surface area contributed by atoms with Gasteiger partial charge >= 0.3 is 0 Å². The molecule has 0 bridgehead atoms. The zero-order chi connectivity index (χ0) is 13.2. The molecule has 3 nitrogen and oxygen atoms in total. The molecule has 1 N–H and O–H groups in total. The summed E-state index contributed by atoms with van der Waals surface area (Å²) in [5.41, 5.74) is 1.90. The highest BCUT2D eigenvalue weighted by atomic mass is 32.1. The van der Waals surface area contributed by atoms with Crippen molar-refractivity contribution >= 4 is 22.4 Å². The number of thiophene rings is 1. The van der Waals surface area contributed by atoms with E-state index in [0.29, 0.717) is 5.69 Å². The number of rotatable bonds is 3. The minimum Gasteiger partial charge on any atom is -0.319 e. The first kappa shape index (κ1) is 11.9. The van der Waals surface area contributed by atoms with Crippen LogP contribution in [0.3, 0.4) is 0 Å². The Bertz CT molecular complexity index is 801. The summed E-state index contributed by atoms with van der Waals surface area (Å²) in [6, 6.07) is 11.5. The number of H-pyrrole nitrogens is 1. The number of aromatic nitrogens is 2. The fraction of sp³-hybridized carbons (Fsp3) is 0.0667. The molecule has 0 saturated carbocycles. The molecular weight excluding hydrogens is 256 g/mol. The van der Waals surface area contributed by atoms with Crippen molar-refractivity contribution in [1.82, 2.24) is 9.97 Å². The van der Waals surface area contributed by atoms with E-state index in [2.05, 4.69) is 16.5 Å². The van der Waals surface area contributed by atoms with Crippen molar-refractivity contribution in [2.45, 2.75) is 6.42 Å². The van der Waals surface area contributed by atoms with E-state index in [1.165, 1.54) is 4.88 Å². The first-order valence-electron chi connectivity index (χ1n) is 5.97. The van der Waals surface area contributed by atoms with Crippen LogP contribution in [-0.2, 0) is 6.42 Å². The number of aromatic amines is 1. The van der Waals surface area contributed by atoms with Crippen LogP contribution in [0.2, 0.25) is 0 Å². The van der Waals surface area contributed by atoms with E-state index >= 15 is 0 Å². The van der Waals surface area contributed by atoms with Crippen LogP contribution in [0.25, 0.3) is 21.6 Å². The topological polar surface area (TPSA) is 45.8 Å². The van der Waals surface area contributed by atoms with Crippen molar-refractivity contribution in [2.24, 2.45) is 0 Å². The monoisotopic (exact) mass is 268 g/mol. The summed E-state index contributed by atoms with van der Waals surface area (Å²) in [5, 5.41) is 0. The number of allylic oxidation sites excluding steroid dienone is 1. The quantitative estimate of drug-likeness (QED) is 0.740. The average Bonchev–Trinajstić information content (AvgIpc) is 2.87. The summed E-state index contributed by atoms with van der Waals surface area (Å²) in [6.45, 7) is 3.72. The summed E-state index contributed by atoms with van der Waals surface area (Å²) in [7, 11) is 0. The van der Waals surface area contributed by atoms with Gasteiger partial charge in [-0.05, 0) is 30.7 Å². The second-order valence-corrected chi connectivity index (χ2v) is 5.36. The third-order valence-corrected chi connectivity index (χ3v) is 3.95. The molecule has 0 unspecified atom stereocenters. The molecule has 0 fully saturated rings. The highest BCUT2D eigenvalue weighted by Gasteiger charge is 2.09. The molecule has 0 spiro atoms. The Hall–Kier alpha value is -2.20. The van der Waals surface area contributed by atoms with Crippen LogP contribution in [0, 0.1) is 0 Å². The van der Waals surface area contributed by atoms with Crippen LogP contribution < -0.4 is 5.56 Å². The number of nitrogens with one attached hydrogen (secondary N) is 1. The molecule has 0 aliphatic heterocycles. The van der Waals surface area contributed by atoms with Crippen LogP contribution >= 0.6 is 11.3 Å². The van der Waals surface area contributed by atoms with E-state index in [1.54, 1.807) is 11.3 Å². The normalized spacial score (nSPS) is 10.7. The minimum atomic E-state index is -0.147. The van der Waals surface area contributed by atoms with Crippen molar-refractivity contribution in [3.8, 4) is 10.6 Å². The van der Waals surface area contributed by atoms with Gasteiger partial charge in [0.05, 0.1) is 15.9 Å². The first-order chi connectivity index (χ1) is 9.28. The van der Waals surface area contributed by atoms with Gasteiger partial charge in [-0.2, -0.15) is 0 Å². The molecule has 4 heteroatoms. The second-order valence-electron chi connectivity index (χ2n) is 4.19. The molecule has 1 aromatic carbocycles. The molecule has 0 aliphatic carbocycles. The largest absolute Gasteiger partial charge is 0.319 e. The van der Waals surface area contributed by atoms with E-state index in [4.69, 9.17) is 0 Å². The summed E-state index contributed by atoms with van der Waals surface area (Å²) in [5.74, 6) is 0. The van der Waals surface area contributed by atoms with E-state index in [9.17, 15) is 4.79 Å². The number of para-hydroxylation sites is 2. The van der Waals surface area contributed by atoms with Crippen molar-refractivity contribution in [3.05, 3.63) is 64.3 Å². The summed E-state index contributed by atoms with van der Waals surface area (Å²) in [4.78, 5) is 21.5. The lowest BCUT2D eigenvalue weighted by atomic mass is 10.2. The van der Waals surface area contributed by atoms with Gasteiger partial charge in [-0.25, -0.2) is 4.98 Å². The Morgan fingerprint density at radius 2 is 2.11 bits per heavy atom. The molecule has 0 amide bonds. The summed E-state index contributed by atoms with van der Waals surface area (Å²) < 4.78 is 0. The lowest BCUT2D eigenvalue weighted by molar-refractivity contribution is 1.23. The highest BCUT2D eigenvalue weighted by Crippen LogP contribution is 2.25. The zero-order valence-electron chi connectivity index (χ0n) is 10.2. The van der Waals surface area contributed by atoms with Crippen molar-refractivity contribution in [3.63, 3.8) is 0 Å². The van der Waals surface area contributed by atoms with Gasteiger partial charge in [0.2, 0.25) is 0 Å². The van der Waals surface area contributed by atoms with E-state index < -0.39 is 0 Å². The Morgan fingerprint density at radius 3 is 2.95 bits per heavy atom. The molecule has 3 rings (SSSR count). The first-order valence-corrected chi connectivity index (χ1v) is 6.78. The predicted molar refractivity (Wildman–Crippen MR) is 79.6 cm³/mol. The van der Waals surface area contributed by atoms with Gasteiger partial charge in [0.15, 0.2) is 0 Å². The maximum atomic E-state index is 12.1. The van der Waals surface area contributed by atoms with Gasteiger partial charge in [-0.1, -0.05) is 18.2 Å². The number of hydrogen-bond donors (Lipinski definition) is 1. The van der Waals surface area contributed by atoms with E-state index in [0.717, 1.165) is 22.3 Å². The van der Waals surface area contributed by atoms with E-state index in [-0.39, 0.29) is 5.56 Å². The van der Waals surface area contributed by atoms with Gasteiger partial charge in [-0.15, -0.1) is 17.9 Å². The van der Waals surface area contributed by atoms with Crippen LogP contribution in [-0.4, -0.2) is 9.97 Å². The molecule has 3 aromatic rings. The Kier molecular flexibility index (Phi) is 3.01. The van der Waals surface area contributed by atoms with Crippen LogP contribution in [0.5, 0.6) is 0 Å². The third-order valence-electron chi connectivity index (χ3n) is 2.84.